The van der Waals surface area contributed by atoms with E-state index in [4.69, 9.17) is 0 Å². The quantitative estimate of drug-likeness (QED) is 0.835. The van der Waals surface area contributed by atoms with E-state index in [2.05, 4.69) is 20.8 Å². The summed E-state index contributed by atoms with van der Waals surface area (Å²) in [6.45, 7) is 5.78. The number of nitrogens with zero attached hydrogens (tertiary/aromatic N) is 2. The summed E-state index contributed by atoms with van der Waals surface area (Å²) >= 11 is 3.50. The maximum Gasteiger partial charge on any atom is 0.254 e. The molecule has 2 aliphatic rings. The first-order valence-electron chi connectivity index (χ1n) is 6.95. The fourth-order valence-electron chi connectivity index (χ4n) is 2.74. The molecule has 0 aromatic heterocycles. The van der Waals surface area contributed by atoms with Gasteiger partial charge in [-0.25, -0.2) is 0 Å². The number of hydrogen-bond donors (Lipinski definition) is 0. The zero-order chi connectivity index (χ0) is 13.4. The number of hydrogen-bond acceptors (Lipinski definition) is 2. The van der Waals surface area contributed by atoms with E-state index in [0.29, 0.717) is 0 Å². The van der Waals surface area contributed by atoms with Gasteiger partial charge in [0.25, 0.3) is 5.91 Å². The Balaban J connectivity index is 1.69. The summed E-state index contributed by atoms with van der Waals surface area (Å²) in [5.74, 6) is 0.175. The molecule has 1 amide bonds. The van der Waals surface area contributed by atoms with Crippen LogP contribution in [0.4, 0.5) is 0 Å². The Bertz CT molecular complexity index is 491. The second-order valence-electron chi connectivity index (χ2n) is 5.47. The minimum absolute atomic E-state index is 0.175. The smallest absolute Gasteiger partial charge is 0.254 e. The molecule has 3 rings (SSSR count). The van der Waals surface area contributed by atoms with Crippen molar-refractivity contribution >= 4 is 21.8 Å². The lowest BCUT2D eigenvalue weighted by molar-refractivity contribution is 0.0626. The van der Waals surface area contributed by atoms with Crippen LogP contribution in [0.2, 0.25) is 0 Å². The number of halogens is 1. The minimum atomic E-state index is 0.175. The van der Waals surface area contributed by atoms with Crippen LogP contribution in [0.1, 0.15) is 28.8 Å². The van der Waals surface area contributed by atoms with Crippen molar-refractivity contribution in [2.75, 3.05) is 26.2 Å². The van der Waals surface area contributed by atoms with Gasteiger partial charge >= 0.3 is 0 Å². The average Bonchev–Trinajstić information content (AvgIpc) is 3.26. The van der Waals surface area contributed by atoms with Crippen LogP contribution >= 0.6 is 15.9 Å². The summed E-state index contributed by atoms with van der Waals surface area (Å²) in [4.78, 5) is 17.1. The zero-order valence-corrected chi connectivity index (χ0v) is 12.8. The van der Waals surface area contributed by atoms with Crippen molar-refractivity contribution in [3.8, 4) is 0 Å². The van der Waals surface area contributed by atoms with Gasteiger partial charge in [-0.15, -0.1) is 0 Å². The molecule has 2 fully saturated rings. The Hall–Kier alpha value is -0.870. The molecule has 1 saturated carbocycles. The van der Waals surface area contributed by atoms with E-state index >= 15 is 0 Å². The third-order valence-corrected chi connectivity index (χ3v) is 5.02. The molecule has 102 valence electrons. The van der Waals surface area contributed by atoms with E-state index < -0.39 is 0 Å². The summed E-state index contributed by atoms with van der Waals surface area (Å²) < 4.78 is 1.01. The number of amides is 1. The van der Waals surface area contributed by atoms with Gasteiger partial charge in [0.15, 0.2) is 0 Å². The topological polar surface area (TPSA) is 23.6 Å². The highest BCUT2D eigenvalue weighted by molar-refractivity contribution is 9.10. The molecule has 1 aliphatic heterocycles. The van der Waals surface area contributed by atoms with Crippen molar-refractivity contribution in [2.24, 2.45) is 0 Å². The Morgan fingerprint density at radius 3 is 2.53 bits per heavy atom. The van der Waals surface area contributed by atoms with Gasteiger partial charge in [0.1, 0.15) is 0 Å². The van der Waals surface area contributed by atoms with Crippen molar-refractivity contribution < 1.29 is 4.79 Å². The SMILES string of the molecule is Cc1c(Br)cccc1C(=O)N1CCN(C2CC2)CC1. The molecule has 1 saturated heterocycles. The van der Waals surface area contributed by atoms with E-state index in [0.717, 1.165) is 47.8 Å². The lowest BCUT2D eigenvalue weighted by Crippen LogP contribution is -2.49. The van der Waals surface area contributed by atoms with Gasteiger partial charge < -0.3 is 4.90 Å². The van der Waals surface area contributed by atoms with Gasteiger partial charge in [-0.05, 0) is 37.5 Å². The molecule has 0 unspecified atom stereocenters. The number of benzene rings is 1. The number of rotatable bonds is 2. The van der Waals surface area contributed by atoms with Crippen LogP contribution < -0.4 is 0 Å². The molecule has 1 heterocycles. The zero-order valence-electron chi connectivity index (χ0n) is 11.2. The lowest BCUT2D eigenvalue weighted by atomic mass is 10.1. The van der Waals surface area contributed by atoms with E-state index in [1.54, 1.807) is 0 Å². The summed E-state index contributed by atoms with van der Waals surface area (Å²) in [5, 5.41) is 0. The van der Waals surface area contributed by atoms with Crippen LogP contribution in [-0.4, -0.2) is 47.9 Å². The number of piperazine rings is 1. The molecular formula is C15H19BrN2O. The molecule has 0 radical (unpaired) electrons. The molecule has 1 aliphatic carbocycles. The fourth-order valence-corrected chi connectivity index (χ4v) is 3.11. The Kier molecular flexibility index (Phi) is 3.63. The Morgan fingerprint density at radius 2 is 1.89 bits per heavy atom. The lowest BCUT2D eigenvalue weighted by Gasteiger charge is -2.35. The van der Waals surface area contributed by atoms with Crippen molar-refractivity contribution in [1.82, 2.24) is 9.80 Å². The third-order valence-electron chi connectivity index (χ3n) is 4.16. The Morgan fingerprint density at radius 1 is 1.21 bits per heavy atom. The van der Waals surface area contributed by atoms with Crippen LogP contribution in [-0.2, 0) is 0 Å². The summed E-state index contributed by atoms with van der Waals surface area (Å²) in [6, 6.07) is 6.65. The van der Waals surface area contributed by atoms with Crippen molar-refractivity contribution in [3.05, 3.63) is 33.8 Å². The molecule has 1 aromatic rings. The highest BCUT2D eigenvalue weighted by atomic mass is 79.9. The maximum absolute atomic E-state index is 12.6. The normalized spacial score (nSPS) is 20.6. The van der Waals surface area contributed by atoms with Crippen LogP contribution in [0.3, 0.4) is 0 Å². The van der Waals surface area contributed by atoms with Crippen LogP contribution in [0.5, 0.6) is 0 Å². The first-order chi connectivity index (χ1) is 9.16. The van der Waals surface area contributed by atoms with Gasteiger partial charge in [0.2, 0.25) is 0 Å². The fraction of sp³-hybridized carbons (Fsp3) is 0.533. The van der Waals surface area contributed by atoms with E-state index in [-0.39, 0.29) is 5.91 Å². The van der Waals surface area contributed by atoms with Gasteiger partial charge in [0.05, 0.1) is 0 Å². The Labute approximate surface area is 122 Å². The molecule has 0 N–H and O–H groups in total. The van der Waals surface area contributed by atoms with Gasteiger partial charge in [0, 0.05) is 42.3 Å². The molecule has 3 nitrogen and oxygen atoms in total. The summed E-state index contributed by atoms with van der Waals surface area (Å²) in [7, 11) is 0. The first-order valence-corrected chi connectivity index (χ1v) is 7.74. The van der Waals surface area contributed by atoms with Crippen molar-refractivity contribution in [1.29, 1.82) is 0 Å². The second kappa shape index (κ2) is 5.25. The molecule has 4 heteroatoms. The predicted octanol–water partition coefficient (Wildman–Crippen LogP) is 2.68. The van der Waals surface area contributed by atoms with E-state index in [1.165, 1.54) is 12.8 Å². The number of carbonyl (C=O) groups is 1. The van der Waals surface area contributed by atoms with Gasteiger partial charge in [-0.3, -0.25) is 9.69 Å². The predicted molar refractivity (Wildman–Crippen MR) is 79.4 cm³/mol. The van der Waals surface area contributed by atoms with Crippen LogP contribution in [0, 0.1) is 6.92 Å². The minimum Gasteiger partial charge on any atom is -0.336 e. The molecule has 19 heavy (non-hydrogen) atoms. The molecule has 0 bridgehead atoms. The highest BCUT2D eigenvalue weighted by Gasteiger charge is 2.32. The number of carbonyl (C=O) groups excluding carboxylic acids is 1. The standard InChI is InChI=1S/C15H19BrN2O/c1-11-13(3-2-4-14(11)16)15(19)18-9-7-17(8-10-18)12-5-6-12/h2-4,12H,5-10H2,1H3. The average molecular weight is 323 g/mol. The van der Waals surface area contributed by atoms with E-state index in [9.17, 15) is 4.79 Å². The molecular weight excluding hydrogens is 304 g/mol. The molecule has 1 aromatic carbocycles. The highest BCUT2D eigenvalue weighted by Crippen LogP contribution is 2.28. The van der Waals surface area contributed by atoms with Crippen molar-refractivity contribution in [3.63, 3.8) is 0 Å². The first kappa shape index (κ1) is 13.1. The van der Waals surface area contributed by atoms with Crippen molar-refractivity contribution in [2.45, 2.75) is 25.8 Å². The van der Waals surface area contributed by atoms with Gasteiger partial charge in [-0.2, -0.15) is 0 Å². The van der Waals surface area contributed by atoms with Gasteiger partial charge in [-0.1, -0.05) is 22.0 Å². The monoisotopic (exact) mass is 322 g/mol. The maximum atomic E-state index is 12.6. The third kappa shape index (κ3) is 2.70. The largest absolute Gasteiger partial charge is 0.336 e. The molecule has 0 atom stereocenters. The van der Waals surface area contributed by atoms with Crippen LogP contribution in [0.25, 0.3) is 0 Å². The van der Waals surface area contributed by atoms with E-state index in [1.807, 2.05) is 30.0 Å². The van der Waals surface area contributed by atoms with Crippen LogP contribution in [0.15, 0.2) is 22.7 Å². The summed E-state index contributed by atoms with van der Waals surface area (Å²) in [5.41, 5.74) is 1.87. The second-order valence-corrected chi connectivity index (χ2v) is 6.33. The molecule has 0 spiro atoms. The summed E-state index contributed by atoms with van der Waals surface area (Å²) in [6.07, 6.45) is 2.69.